The molecule has 1 rings (SSSR count). The molecule has 0 aliphatic rings. The van der Waals surface area contributed by atoms with Crippen LogP contribution in [0.3, 0.4) is 0 Å². The molecular formula is C16H21NO5. The quantitative estimate of drug-likeness (QED) is 0.840. The van der Waals surface area contributed by atoms with Crippen LogP contribution in [-0.2, 0) is 20.8 Å². The molecule has 6 heteroatoms. The van der Waals surface area contributed by atoms with Gasteiger partial charge in [0.05, 0.1) is 12.8 Å². The number of rotatable bonds is 6. The second kappa shape index (κ2) is 7.06. The summed E-state index contributed by atoms with van der Waals surface area (Å²) in [6, 6.07) is 6.55. The number of anilines is 1. The minimum Gasteiger partial charge on any atom is -0.481 e. The molecule has 1 aromatic carbocycles. The first-order valence-corrected chi connectivity index (χ1v) is 6.96. The summed E-state index contributed by atoms with van der Waals surface area (Å²) in [6.07, 6.45) is -0.249. The van der Waals surface area contributed by atoms with E-state index in [0.29, 0.717) is 11.3 Å². The van der Waals surface area contributed by atoms with Crippen LogP contribution >= 0.6 is 0 Å². The topological polar surface area (TPSA) is 94.9 Å². The van der Waals surface area contributed by atoms with Crippen molar-refractivity contribution in [3.8, 4) is 0 Å². The van der Waals surface area contributed by atoms with Gasteiger partial charge in [0.1, 0.15) is 0 Å². The number of carbonyl (C=O) groups is 3. The molecule has 120 valence electrons. The van der Waals surface area contributed by atoms with Gasteiger partial charge in [0.15, 0.2) is 0 Å². The van der Waals surface area contributed by atoms with Gasteiger partial charge in [-0.15, -0.1) is 0 Å². The van der Waals surface area contributed by atoms with Gasteiger partial charge >= 0.3 is 11.9 Å². The first-order valence-electron chi connectivity index (χ1n) is 6.96. The summed E-state index contributed by atoms with van der Waals surface area (Å²) in [7, 11) is 0. The summed E-state index contributed by atoms with van der Waals surface area (Å²) in [5.41, 5.74) is 0.547. The monoisotopic (exact) mass is 307 g/mol. The van der Waals surface area contributed by atoms with E-state index in [1.54, 1.807) is 45.0 Å². The Bertz CT molecular complexity index is 557. The average Bonchev–Trinajstić information content (AvgIpc) is 2.38. The van der Waals surface area contributed by atoms with E-state index in [4.69, 9.17) is 10.2 Å². The number of benzene rings is 1. The third-order valence-corrected chi connectivity index (χ3v) is 3.04. The molecule has 0 fully saturated rings. The number of carboxylic acid groups (broad SMARTS) is 2. The third-order valence-electron chi connectivity index (χ3n) is 3.04. The van der Waals surface area contributed by atoms with Gasteiger partial charge in [0.2, 0.25) is 5.91 Å². The van der Waals surface area contributed by atoms with E-state index in [9.17, 15) is 14.4 Å². The van der Waals surface area contributed by atoms with Crippen LogP contribution in [0.5, 0.6) is 0 Å². The molecule has 0 bridgehead atoms. The van der Waals surface area contributed by atoms with Crippen LogP contribution in [0.4, 0.5) is 5.69 Å². The summed E-state index contributed by atoms with van der Waals surface area (Å²) in [6.45, 7) is 5.37. The van der Waals surface area contributed by atoms with E-state index in [1.807, 2.05) is 0 Å². The highest BCUT2D eigenvalue weighted by Gasteiger charge is 2.28. The molecule has 1 amide bonds. The Balaban J connectivity index is 3.02. The third kappa shape index (κ3) is 5.20. The fraction of sp³-hybridized carbons (Fsp3) is 0.438. The number of carboxylic acids is 2. The lowest BCUT2D eigenvalue weighted by Crippen LogP contribution is -2.40. The van der Waals surface area contributed by atoms with Gasteiger partial charge in [-0.3, -0.25) is 14.4 Å². The highest BCUT2D eigenvalue weighted by Crippen LogP contribution is 2.24. The van der Waals surface area contributed by atoms with Crippen LogP contribution in [-0.4, -0.2) is 34.6 Å². The zero-order valence-electron chi connectivity index (χ0n) is 13.0. The zero-order valence-corrected chi connectivity index (χ0v) is 13.0. The fourth-order valence-corrected chi connectivity index (χ4v) is 1.93. The molecule has 0 aliphatic heterocycles. The fourth-order valence-electron chi connectivity index (χ4n) is 1.93. The first kappa shape index (κ1) is 17.7. The van der Waals surface area contributed by atoms with Gasteiger partial charge in [-0.25, -0.2) is 0 Å². The highest BCUT2D eigenvalue weighted by molar-refractivity contribution is 5.97. The summed E-state index contributed by atoms with van der Waals surface area (Å²) < 4.78 is 0. The molecule has 0 radical (unpaired) electrons. The van der Waals surface area contributed by atoms with E-state index < -0.39 is 17.4 Å². The molecule has 0 saturated heterocycles. The standard InChI is InChI=1S/C16H21NO5/c1-16(2,3)15(22)17(9-8-13(18)19)12-6-4-11(5-7-12)10-14(20)21/h4-7H,8-10H2,1-3H3,(H,18,19)(H,20,21). The van der Waals surface area contributed by atoms with Crippen molar-refractivity contribution in [1.29, 1.82) is 0 Å². The number of hydrogen-bond donors (Lipinski definition) is 2. The molecule has 2 N–H and O–H groups in total. The molecule has 22 heavy (non-hydrogen) atoms. The lowest BCUT2D eigenvalue weighted by molar-refractivity contribution is -0.137. The van der Waals surface area contributed by atoms with E-state index >= 15 is 0 Å². The number of amides is 1. The molecule has 0 unspecified atom stereocenters. The van der Waals surface area contributed by atoms with Crippen LogP contribution < -0.4 is 4.90 Å². The van der Waals surface area contributed by atoms with Crippen LogP contribution in [0.1, 0.15) is 32.8 Å². The Morgan fingerprint density at radius 3 is 1.95 bits per heavy atom. The van der Waals surface area contributed by atoms with Gasteiger partial charge in [0, 0.05) is 17.6 Å². The maximum absolute atomic E-state index is 12.5. The van der Waals surface area contributed by atoms with Crippen molar-refractivity contribution >= 4 is 23.5 Å². The summed E-state index contributed by atoms with van der Waals surface area (Å²) >= 11 is 0. The highest BCUT2D eigenvalue weighted by atomic mass is 16.4. The van der Waals surface area contributed by atoms with Gasteiger partial charge in [-0.05, 0) is 17.7 Å². The Kier molecular flexibility index (Phi) is 5.68. The van der Waals surface area contributed by atoms with Crippen LogP contribution in [0, 0.1) is 5.41 Å². The van der Waals surface area contributed by atoms with Gasteiger partial charge in [-0.1, -0.05) is 32.9 Å². The maximum Gasteiger partial charge on any atom is 0.307 e. The Hall–Kier alpha value is -2.37. The minimum absolute atomic E-state index is 0.0731. The SMILES string of the molecule is CC(C)(C)C(=O)N(CCC(=O)O)c1ccc(CC(=O)O)cc1. The van der Waals surface area contributed by atoms with Crippen molar-refractivity contribution in [1.82, 2.24) is 0 Å². The number of aliphatic carboxylic acids is 2. The molecular weight excluding hydrogens is 286 g/mol. The molecule has 0 atom stereocenters. The molecule has 0 spiro atoms. The zero-order chi connectivity index (χ0) is 16.9. The van der Waals surface area contributed by atoms with E-state index in [1.165, 1.54) is 4.90 Å². The van der Waals surface area contributed by atoms with Gasteiger partial charge < -0.3 is 15.1 Å². The largest absolute Gasteiger partial charge is 0.481 e. The number of nitrogens with zero attached hydrogens (tertiary/aromatic N) is 1. The molecule has 0 heterocycles. The second-order valence-electron chi connectivity index (χ2n) is 6.09. The van der Waals surface area contributed by atoms with Crippen LogP contribution in [0.2, 0.25) is 0 Å². The van der Waals surface area contributed by atoms with E-state index in [0.717, 1.165) is 0 Å². The summed E-state index contributed by atoms with van der Waals surface area (Å²) in [5.74, 6) is -2.09. The normalized spacial score (nSPS) is 11.0. The Labute approximate surface area is 129 Å². The summed E-state index contributed by atoms with van der Waals surface area (Å²) in [5, 5.41) is 17.6. The molecule has 6 nitrogen and oxygen atoms in total. The minimum atomic E-state index is -0.978. The first-order chi connectivity index (χ1) is 10.1. The van der Waals surface area contributed by atoms with E-state index in [-0.39, 0.29) is 25.3 Å². The lowest BCUT2D eigenvalue weighted by Gasteiger charge is -2.29. The smallest absolute Gasteiger partial charge is 0.307 e. The number of hydrogen-bond acceptors (Lipinski definition) is 3. The second-order valence-corrected chi connectivity index (χ2v) is 6.09. The van der Waals surface area contributed by atoms with Crippen molar-refractivity contribution in [3.05, 3.63) is 29.8 Å². The van der Waals surface area contributed by atoms with Crippen LogP contribution in [0.25, 0.3) is 0 Å². The number of carbonyl (C=O) groups excluding carboxylic acids is 1. The predicted octanol–water partition coefficient (Wildman–Crippen LogP) is 2.17. The lowest BCUT2D eigenvalue weighted by atomic mass is 9.94. The molecule has 1 aromatic rings. The maximum atomic E-state index is 12.5. The Morgan fingerprint density at radius 1 is 1.00 bits per heavy atom. The Morgan fingerprint density at radius 2 is 1.55 bits per heavy atom. The van der Waals surface area contributed by atoms with Crippen molar-refractivity contribution in [3.63, 3.8) is 0 Å². The summed E-state index contributed by atoms with van der Waals surface area (Å²) in [4.78, 5) is 35.4. The van der Waals surface area contributed by atoms with Crippen molar-refractivity contribution < 1.29 is 24.6 Å². The van der Waals surface area contributed by atoms with Crippen molar-refractivity contribution in [2.75, 3.05) is 11.4 Å². The van der Waals surface area contributed by atoms with Gasteiger partial charge in [-0.2, -0.15) is 0 Å². The van der Waals surface area contributed by atoms with Crippen molar-refractivity contribution in [2.45, 2.75) is 33.6 Å². The predicted molar refractivity (Wildman–Crippen MR) is 81.8 cm³/mol. The van der Waals surface area contributed by atoms with Crippen molar-refractivity contribution in [2.24, 2.45) is 5.41 Å². The average molecular weight is 307 g/mol. The van der Waals surface area contributed by atoms with Crippen LogP contribution in [0.15, 0.2) is 24.3 Å². The molecule has 0 aliphatic carbocycles. The molecule has 0 saturated carbocycles. The molecule has 0 aromatic heterocycles. The van der Waals surface area contributed by atoms with Gasteiger partial charge in [0.25, 0.3) is 0 Å². The van der Waals surface area contributed by atoms with E-state index in [2.05, 4.69) is 0 Å².